The molecule has 0 unspecified atom stereocenters. The van der Waals surface area contributed by atoms with Gasteiger partial charge in [-0.3, -0.25) is 0 Å². The molecule has 1 saturated heterocycles. The van der Waals surface area contributed by atoms with E-state index in [2.05, 4.69) is 16.4 Å². The Balaban J connectivity index is 1.89. The molecule has 1 aliphatic heterocycles. The number of nitrogens with one attached hydrogen (secondary N) is 1. The Morgan fingerprint density at radius 2 is 2.25 bits per heavy atom. The monoisotopic (exact) mass is 254 g/mol. The molecule has 1 aliphatic carbocycles. The summed E-state index contributed by atoms with van der Waals surface area (Å²) >= 11 is 11.8. The van der Waals surface area contributed by atoms with Crippen LogP contribution in [0, 0.1) is 5.92 Å². The van der Waals surface area contributed by atoms with Gasteiger partial charge < -0.3 is 5.32 Å². The third kappa shape index (κ3) is 1.75. The van der Waals surface area contributed by atoms with E-state index in [1.54, 1.807) is 6.20 Å². The molecular formula is C12H12Cl2N2. The molecule has 0 spiro atoms. The van der Waals surface area contributed by atoms with E-state index in [4.69, 9.17) is 23.2 Å². The van der Waals surface area contributed by atoms with Crippen LogP contribution in [-0.2, 0) is 0 Å². The zero-order chi connectivity index (χ0) is 11.1. The average molecular weight is 255 g/mol. The first-order valence-corrected chi connectivity index (χ1v) is 6.23. The van der Waals surface area contributed by atoms with Gasteiger partial charge in [0.15, 0.2) is 0 Å². The maximum atomic E-state index is 5.97. The van der Waals surface area contributed by atoms with Crippen molar-refractivity contribution in [1.82, 2.24) is 10.3 Å². The van der Waals surface area contributed by atoms with Crippen molar-refractivity contribution in [2.24, 2.45) is 5.92 Å². The lowest BCUT2D eigenvalue weighted by atomic mass is 9.78. The zero-order valence-corrected chi connectivity index (χ0v) is 10.2. The fourth-order valence-electron chi connectivity index (χ4n) is 2.38. The second-order valence-corrected chi connectivity index (χ2v) is 5.21. The number of fused-ring (bicyclic) bond motifs is 1. The largest absolute Gasteiger partial charge is 0.313 e. The van der Waals surface area contributed by atoms with Crippen LogP contribution in [0.5, 0.6) is 0 Å². The van der Waals surface area contributed by atoms with Gasteiger partial charge in [-0.25, -0.2) is 4.98 Å². The van der Waals surface area contributed by atoms with Crippen molar-refractivity contribution in [3.63, 3.8) is 0 Å². The molecule has 0 saturated carbocycles. The summed E-state index contributed by atoms with van der Waals surface area (Å²) in [4.78, 5) is 4.09. The molecule has 1 aromatic heterocycles. The molecule has 3 rings (SSSR count). The Hall–Kier alpha value is -0.570. The van der Waals surface area contributed by atoms with Crippen LogP contribution < -0.4 is 5.32 Å². The number of allylic oxidation sites excluding steroid dienone is 1. The first-order valence-electron chi connectivity index (χ1n) is 5.48. The predicted octanol–water partition coefficient (Wildman–Crippen LogP) is 3.15. The predicted molar refractivity (Wildman–Crippen MR) is 66.7 cm³/mol. The van der Waals surface area contributed by atoms with Gasteiger partial charge in [0.25, 0.3) is 0 Å². The molecule has 2 aliphatic rings. The smallest absolute Gasteiger partial charge is 0.147 e. The van der Waals surface area contributed by atoms with Crippen molar-refractivity contribution in [2.75, 3.05) is 6.54 Å². The summed E-state index contributed by atoms with van der Waals surface area (Å²) in [5.74, 6) is 0.833. The molecule has 1 N–H and O–H groups in total. The van der Waals surface area contributed by atoms with E-state index in [1.807, 2.05) is 6.07 Å². The molecule has 2 atom stereocenters. The lowest BCUT2D eigenvalue weighted by molar-refractivity contribution is 0.231. The van der Waals surface area contributed by atoms with Crippen LogP contribution in [0.3, 0.4) is 0 Å². The van der Waals surface area contributed by atoms with E-state index in [0.717, 1.165) is 30.9 Å². The van der Waals surface area contributed by atoms with E-state index in [0.29, 0.717) is 16.2 Å². The summed E-state index contributed by atoms with van der Waals surface area (Å²) in [7, 11) is 0. The minimum absolute atomic E-state index is 0.376. The summed E-state index contributed by atoms with van der Waals surface area (Å²) in [5, 5.41) is 4.36. The Kier molecular flexibility index (Phi) is 2.66. The summed E-state index contributed by atoms with van der Waals surface area (Å²) in [6.07, 6.45) is 6.35. The quantitative estimate of drug-likeness (QED) is 0.780. The second kappa shape index (κ2) is 4.02. The first kappa shape index (κ1) is 10.6. The SMILES string of the molecule is Clc1cc(C2=CC[C@H]3CN[C@H]3C2)cnc1Cl. The van der Waals surface area contributed by atoms with Gasteiger partial charge in [0.1, 0.15) is 5.15 Å². The Morgan fingerprint density at radius 3 is 2.88 bits per heavy atom. The third-order valence-corrected chi connectivity index (χ3v) is 4.17. The normalized spacial score (nSPS) is 28.0. The highest BCUT2D eigenvalue weighted by Crippen LogP contribution is 2.35. The average Bonchev–Trinajstić information content (AvgIpc) is 2.24. The summed E-state index contributed by atoms with van der Waals surface area (Å²) in [5.41, 5.74) is 2.43. The second-order valence-electron chi connectivity index (χ2n) is 4.44. The number of hydrogen-bond donors (Lipinski definition) is 1. The van der Waals surface area contributed by atoms with Crippen LogP contribution in [0.4, 0.5) is 0 Å². The molecule has 2 nitrogen and oxygen atoms in total. The molecule has 84 valence electrons. The third-order valence-electron chi connectivity index (χ3n) is 3.49. The van der Waals surface area contributed by atoms with E-state index >= 15 is 0 Å². The van der Waals surface area contributed by atoms with Crippen molar-refractivity contribution >= 4 is 28.8 Å². The zero-order valence-electron chi connectivity index (χ0n) is 8.71. The van der Waals surface area contributed by atoms with Crippen LogP contribution in [0.25, 0.3) is 5.57 Å². The van der Waals surface area contributed by atoms with E-state index in [1.165, 1.54) is 5.57 Å². The van der Waals surface area contributed by atoms with Gasteiger partial charge in [-0.2, -0.15) is 0 Å². The number of rotatable bonds is 1. The van der Waals surface area contributed by atoms with Crippen molar-refractivity contribution < 1.29 is 0 Å². The van der Waals surface area contributed by atoms with Crippen molar-refractivity contribution in [3.8, 4) is 0 Å². The van der Waals surface area contributed by atoms with E-state index < -0.39 is 0 Å². The van der Waals surface area contributed by atoms with Crippen LogP contribution >= 0.6 is 23.2 Å². The fraction of sp³-hybridized carbons (Fsp3) is 0.417. The molecule has 4 heteroatoms. The van der Waals surface area contributed by atoms with Crippen LogP contribution in [0.2, 0.25) is 10.2 Å². The lowest BCUT2D eigenvalue weighted by Crippen LogP contribution is -2.53. The first-order chi connectivity index (χ1) is 7.74. The minimum Gasteiger partial charge on any atom is -0.313 e. The summed E-state index contributed by atoms with van der Waals surface area (Å²) in [6.45, 7) is 1.16. The number of pyridine rings is 1. The molecule has 1 fully saturated rings. The Labute approximate surface area is 105 Å². The van der Waals surface area contributed by atoms with Gasteiger partial charge in [-0.1, -0.05) is 29.3 Å². The van der Waals surface area contributed by atoms with Gasteiger partial charge in [0.05, 0.1) is 5.02 Å². The van der Waals surface area contributed by atoms with Gasteiger partial charge in [0.2, 0.25) is 0 Å². The van der Waals surface area contributed by atoms with E-state index in [-0.39, 0.29) is 0 Å². The van der Waals surface area contributed by atoms with Crippen LogP contribution in [0.15, 0.2) is 18.3 Å². The van der Waals surface area contributed by atoms with Crippen LogP contribution in [-0.4, -0.2) is 17.6 Å². The molecule has 0 amide bonds. The van der Waals surface area contributed by atoms with Crippen molar-refractivity contribution in [2.45, 2.75) is 18.9 Å². The Morgan fingerprint density at radius 1 is 1.38 bits per heavy atom. The maximum Gasteiger partial charge on any atom is 0.147 e. The topological polar surface area (TPSA) is 24.9 Å². The molecule has 16 heavy (non-hydrogen) atoms. The molecule has 0 bridgehead atoms. The molecular weight excluding hydrogens is 243 g/mol. The van der Waals surface area contributed by atoms with Gasteiger partial charge >= 0.3 is 0 Å². The van der Waals surface area contributed by atoms with Crippen LogP contribution in [0.1, 0.15) is 18.4 Å². The lowest BCUT2D eigenvalue weighted by Gasteiger charge is -2.41. The highest BCUT2D eigenvalue weighted by molar-refractivity contribution is 6.41. The summed E-state index contributed by atoms with van der Waals surface area (Å²) in [6, 6.07) is 2.55. The minimum atomic E-state index is 0.376. The number of hydrogen-bond acceptors (Lipinski definition) is 2. The maximum absolute atomic E-state index is 5.97. The molecule has 0 radical (unpaired) electrons. The molecule has 2 heterocycles. The van der Waals surface area contributed by atoms with Crippen molar-refractivity contribution in [1.29, 1.82) is 0 Å². The fourth-order valence-corrected chi connectivity index (χ4v) is 2.65. The Bertz CT molecular complexity index is 456. The highest BCUT2D eigenvalue weighted by atomic mass is 35.5. The van der Waals surface area contributed by atoms with Gasteiger partial charge in [-0.15, -0.1) is 0 Å². The standard InChI is InChI=1S/C12H12Cl2N2/c13-10-3-9(6-16-12(10)14)7-1-2-8-5-15-11(8)4-7/h1,3,6,8,11,15H,2,4-5H2/t8-,11-/m0/s1. The molecule has 0 aromatic carbocycles. The molecule has 1 aromatic rings. The van der Waals surface area contributed by atoms with Crippen molar-refractivity contribution in [3.05, 3.63) is 34.1 Å². The number of aromatic nitrogens is 1. The van der Waals surface area contributed by atoms with Gasteiger partial charge in [0, 0.05) is 18.8 Å². The number of nitrogens with zero attached hydrogens (tertiary/aromatic N) is 1. The summed E-state index contributed by atoms with van der Waals surface area (Å²) < 4.78 is 0. The van der Waals surface area contributed by atoms with Gasteiger partial charge in [-0.05, 0) is 36.0 Å². The number of halogens is 2. The highest BCUT2D eigenvalue weighted by Gasteiger charge is 2.33. The van der Waals surface area contributed by atoms with E-state index in [9.17, 15) is 0 Å².